The molecule has 1 saturated carbocycles. The zero-order chi connectivity index (χ0) is 13.6. The normalized spacial score (nSPS) is 17.0. The molecule has 0 aromatic carbocycles. The van der Waals surface area contributed by atoms with Crippen LogP contribution in [-0.4, -0.2) is 29.2 Å². The monoisotopic (exact) mass is 254 g/mol. The molecule has 18 heavy (non-hydrogen) atoms. The van der Waals surface area contributed by atoms with Gasteiger partial charge in [0.2, 0.25) is 0 Å². The molecule has 0 heterocycles. The SMILES string of the molecule is CC(C)=CCNC(=O)NC1(CC(=O)O)CCCC1. The van der Waals surface area contributed by atoms with E-state index in [4.69, 9.17) is 5.11 Å². The maximum Gasteiger partial charge on any atom is 0.315 e. The summed E-state index contributed by atoms with van der Waals surface area (Å²) in [4.78, 5) is 22.6. The zero-order valence-electron chi connectivity index (χ0n) is 11.1. The number of carbonyl (C=O) groups excluding carboxylic acids is 1. The molecule has 2 amide bonds. The average Bonchev–Trinajstić information content (AvgIpc) is 2.64. The Hall–Kier alpha value is -1.52. The minimum absolute atomic E-state index is 0.00304. The van der Waals surface area contributed by atoms with Crippen LogP contribution in [-0.2, 0) is 4.79 Å². The summed E-state index contributed by atoms with van der Waals surface area (Å²) >= 11 is 0. The number of hydrogen-bond donors (Lipinski definition) is 3. The second-order valence-corrected chi connectivity index (χ2v) is 5.17. The highest BCUT2D eigenvalue weighted by Gasteiger charge is 2.37. The molecule has 1 aliphatic carbocycles. The average molecular weight is 254 g/mol. The van der Waals surface area contributed by atoms with Gasteiger partial charge in [-0.1, -0.05) is 24.5 Å². The first kappa shape index (κ1) is 14.5. The highest BCUT2D eigenvalue weighted by molar-refractivity contribution is 5.77. The van der Waals surface area contributed by atoms with Gasteiger partial charge in [0.25, 0.3) is 0 Å². The van der Waals surface area contributed by atoms with Crippen molar-refractivity contribution in [3.05, 3.63) is 11.6 Å². The van der Waals surface area contributed by atoms with Gasteiger partial charge in [0.1, 0.15) is 0 Å². The van der Waals surface area contributed by atoms with E-state index in [9.17, 15) is 9.59 Å². The highest BCUT2D eigenvalue weighted by atomic mass is 16.4. The van der Waals surface area contributed by atoms with Crippen molar-refractivity contribution in [2.24, 2.45) is 0 Å². The van der Waals surface area contributed by atoms with Crippen LogP contribution in [0.5, 0.6) is 0 Å². The van der Waals surface area contributed by atoms with Gasteiger partial charge >= 0.3 is 12.0 Å². The molecule has 5 heteroatoms. The smallest absolute Gasteiger partial charge is 0.315 e. The maximum atomic E-state index is 11.7. The van der Waals surface area contributed by atoms with Gasteiger partial charge < -0.3 is 15.7 Å². The quantitative estimate of drug-likeness (QED) is 0.657. The standard InChI is InChI=1S/C13H22N2O3/c1-10(2)5-8-14-12(18)15-13(9-11(16)17)6-3-4-7-13/h5H,3-4,6-9H2,1-2H3,(H,16,17)(H2,14,15,18). The molecule has 3 N–H and O–H groups in total. The van der Waals surface area contributed by atoms with Gasteiger partial charge in [0, 0.05) is 6.54 Å². The van der Waals surface area contributed by atoms with Crippen LogP contribution in [0.4, 0.5) is 4.79 Å². The Kier molecular flexibility index (Phi) is 5.19. The lowest BCUT2D eigenvalue weighted by molar-refractivity contribution is -0.138. The summed E-state index contributed by atoms with van der Waals surface area (Å²) < 4.78 is 0. The number of hydrogen-bond acceptors (Lipinski definition) is 2. The Bertz CT molecular complexity index is 340. The third-order valence-electron chi connectivity index (χ3n) is 3.20. The van der Waals surface area contributed by atoms with E-state index in [1.54, 1.807) is 0 Å². The topological polar surface area (TPSA) is 78.4 Å². The van der Waals surface area contributed by atoms with Crippen molar-refractivity contribution in [3.8, 4) is 0 Å². The number of carboxylic acid groups (broad SMARTS) is 1. The minimum atomic E-state index is -0.860. The van der Waals surface area contributed by atoms with Gasteiger partial charge in [0.05, 0.1) is 12.0 Å². The second-order valence-electron chi connectivity index (χ2n) is 5.17. The molecule has 102 valence electrons. The van der Waals surface area contributed by atoms with Gasteiger partial charge in [-0.15, -0.1) is 0 Å². The summed E-state index contributed by atoms with van der Waals surface area (Å²) in [5.41, 5.74) is 0.581. The number of allylic oxidation sites excluding steroid dienone is 1. The molecule has 0 spiro atoms. The van der Waals surface area contributed by atoms with Gasteiger partial charge in [-0.05, 0) is 26.7 Å². The molecule has 0 bridgehead atoms. The first-order chi connectivity index (χ1) is 8.43. The lowest BCUT2D eigenvalue weighted by Gasteiger charge is -2.28. The summed E-state index contributed by atoms with van der Waals surface area (Å²) in [6.07, 6.45) is 5.36. The molecule has 0 aromatic rings. The molecule has 0 aromatic heterocycles. The fraction of sp³-hybridized carbons (Fsp3) is 0.692. The molecule has 0 atom stereocenters. The van der Waals surface area contributed by atoms with Crippen LogP contribution in [0.15, 0.2) is 11.6 Å². The predicted molar refractivity (Wildman–Crippen MR) is 69.4 cm³/mol. The van der Waals surface area contributed by atoms with Gasteiger partial charge in [-0.3, -0.25) is 4.79 Å². The lowest BCUT2D eigenvalue weighted by atomic mass is 9.93. The largest absolute Gasteiger partial charge is 0.481 e. The Labute approximate surface area is 108 Å². The minimum Gasteiger partial charge on any atom is -0.481 e. The van der Waals surface area contributed by atoms with Crippen LogP contribution in [0.25, 0.3) is 0 Å². The Morgan fingerprint density at radius 1 is 1.28 bits per heavy atom. The van der Waals surface area contributed by atoms with Crippen LogP contribution in [0.1, 0.15) is 46.0 Å². The van der Waals surface area contributed by atoms with Gasteiger partial charge in [-0.25, -0.2) is 4.79 Å². The van der Waals surface area contributed by atoms with Gasteiger partial charge in [-0.2, -0.15) is 0 Å². The van der Waals surface area contributed by atoms with Crippen molar-refractivity contribution in [3.63, 3.8) is 0 Å². The highest BCUT2D eigenvalue weighted by Crippen LogP contribution is 2.32. The summed E-state index contributed by atoms with van der Waals surface area (Å²) in [7, 11) is 0. The summed E-state index contributed by atoms with van der Waals surface area (Å²) in [6.45, 7) is 4.39. The fourth-order valence-corrected chi connectivity index (χ4v) is 2.32. The third kappa shape index (κ3) is 4.77. The Morgan fingerprint density at radius 2 is 1.89 bits per heavy atom. The van der Waals surface area contributed by atoms with Crippen LogP contribution < -0.4 is 10.6 Å². The van der Waals surface area contributed by atoms with E-state index < -0.39 is 11.5 Å². The van der Waals surface area contributed by atoms with Crippen LogP contribution >= 0.6 is 0 Å². The number of carboxylic acids is 1. The van der Waals surface area contributed by atoms with E-state index in [-0.39, 0.29) is 12.5 Å². The van der Waals surface area contributed by atoms with Crippen molar-refractivity contribution >= 4 is 12.0 Å². The van der Waals surface area contributed by atoms with E-state index in [2.05, 4.69) is 10.6 Å². The summed E-state index contributed by atoms with van der Waals surface area (Å²) in [5.74, 6) is -0.860. The van der Waals surface area contributed by atoms with E-state index in [0.29, 0.717) is 6.54 Å². The number of nitrogens with one attached hydrogen (secondary N) is 2. The zero-order valence-corrected chi connectivity index (χ0v) is 11.1. The maximum absolute atomic E-state index is 11.7. The first-order valence-corrected chi connectivity index (χ1v) is 6.35. The van der Waals surface area contributed by atoms with Crippen molar-refractivity contribution in [2.45, 2.75) is 51.5 Å². The lowest BCUT2D eigenvalue weighted by Crippen LogP contribution is -2.51. The van der Waals surface area contributed by atoms with Crippen LogP contribution in [0.3, 0.4) is 0 Å². The van der Waals surface area contributed by atoms with Crippen molar-refractivity contribution in [2.75, 3.05) is 6.54 Å². The Morgan fingerprint density at radius 3 is 2.39 bits per heavy atom. The van der Waals surface area contributed by atoms with Crippen molar-refractivity contribution < 1.29 is 14.7 Å². The molecule has 0 radical (unpaired) electrons. The molecule has 1 aliphatic rings. The summed E-state index contributed by atoms with van der Waals surface area (Å²) in [6, 6.07) is -0.282. The number of carbonyl (C=O) groups is 2. The molecule has 0 saturated heterocycles. The molecule has 0 unspecified atom stereocenters. The molecule has 5 nitrogen and oxygen atoms in total. The molecule has 1 fully saturated rings. The number of rotatable bonds is 5. The summed E-state index contributed by atoms with van der Waals surface area (Å²) in [5, 5.41) is 14.5. The van der Waals surface area contributed by atoms with Crippen LogP contribution in [0.2, 0.25) is 0 Å². The fourth-order valence-electron chi connectivity index (χ4n) is 2.32. The van der Waals surface area contributed by atoms with Crippen LogP contribution in [0, 0.1) is 0 Å². The number of aliphatic carboxylic acids is 1. The predicted octanol–water partition coefficient (Wildman–Crippen LogP) is 2.04. The molecule has 1 rings (SSSR count). The Balaban J connectivity index is 2.48. The van der Waals surface area contributed by atoms with Gasteiger partial charge in [0.15, 0.2) is 0 Å². The number of amides is 2. The third-order valence-corrected chi connectivity index (χ3v) is 3.20. The molecular formula is C13H22N2O3. The molecule has 0 aliphatic heterocycles. The number of urea groups is 1. The van der Waals surface area contributed by atoms with E-state index >= 15 is 0 Å². The van der Waals surface area contributed by atoms with Crippen molar-refractivity contribution in [1.82, 2.24) is 10.6 Å². The first-order valence-electron chi connectivity index (χ1n) is 6.35. The van der Waals surface area contributed by atoms with E-state index in [1.165, 1.54) is 0 Å². The van der Waals surface area contributed by atoms with E-state index in [1.807, 2.05) is 19.9 Å². The van der Waals surface area contributed by atoms with E-state index in [0.717, 1.165) is 31.3 Å². The molecular weight excluding hydrogens is 232 g/mol. The van der Waals surface area contributed by atoms with Crippen molar-refractivity contribution in [1.29, 1.82) is 0 Å². The second kappa shape index (κ2) is 6.42.